The molecule has 11 heteroatoms. The zero-order chi connectivity index (χ0) is 26.8. The van der Waals surface area contributed by atoms with Gasteiger partial charge in [-0.25, -0.2) is 9.18 Å². The van der Waals surface area contributed by atoms with Crippen LogP contribution in [0.15, 0.2) is 46.9 Å². The monoisotopic (exact) mass is 524 g/mol. The summed E-state index contributed by atoms with van der Waals surface area (Å²) in [6, 6.07) is 5.59. The van der Waals surface area contributed by atoms with E-state index in [1.165, 1.54) is 37.3 Å². The lowest BCUT2D eigenvalue weighted by atomic mass is 9.89. The number of ether oxygens (including phenoxy) is 1. The van der Waals surface area contributed by atoms with Crippen LogP contribution in [-0.2, 0) is 32.7 Å². The highest BCUT2D eigenvalue weighted by Crippen LogP contribution is 2.43. The summed E-state index contributed by atoms with van der Waals surface area (Å²) in [4.78, 5) is 23.2. The topological polar surface area (TPSA) is 107 Å². The average molecular weight is 525 g/mol. The highest BCUT2D eigenvalue weighted by atomic mass is 32.2. The van der Waals surface area contributed by atoms with Gasteiger partial charge in [-0.2, -0.15) is 17.2 Å². The molecule has 0 saturated heterocycles. The molecule has 0 atom stereocenters. The number of hydrogen-bond acceptors (Lipinski definition) is 6. The molecule has 0 aliphatic carbocycles. The van der Waals surface area contributed by atoms with Gasteiger partial charge in [-0.1, -0.05) is 29.3 Å². The first kappa shape index (κ1) is 27.0. The van der Waals surface area contributed by atoms with E-state index in [2.05, 4.69) is 0 Å². The number of carbonyl (C=O) groups is 2. The lowest BCUT2D eigenvalue weighted by Crippen LogP contribution is -2.15. The van der Waals surface area contributed by atoms with Crippen LogP contribution in [0, 0.1) is 13.8 Å². The predicted molar refractivity (Wildman–Crippen MR) is 124 cm³/mol. The van der Waals surface area contributed by atoms with Crippen molar-refractivity contribution >= 4 is 27.9 Å². The van der Waals surface area contributed by atoms with E-state index >= 15 is 0 Å². The van der Waals surface area contributed by atoms with Crippen LogP contribution in [0.3, 0.4) is 0 Å². The van der Waals surface area contributed by atoms with Gasteiger partial charge in [-0.15, -0.1) is 0 Å². The van der Waals surface area contributed by atoms with E-state index in [1.54, 1.807) is 13.8 Å². The first-order valence-corrected chi connectivity index (χ1v) is 12.2. The molecular formula is C25H23F3O7S. The number of allylic oxidation sites excluding steroid dienone is 2. The van der Waals surface area contributed by atoms with Crippen molar-refractivity contribution in [1.29, 1.82) is 0 Å². The Hall–Kier alpha value is -3.60. The highest BCUT2D eigenvalue weighted by molar-refractivity contribution is 7.87. The van der Waals surface area contributed by atoms with Gasteiger partial charge in [-0.3, -0.25) is 4.79 Å². The number of carboxylic acid groups (broad SMARTS) is 1. The summed E-state index contributed by atoms with van der Waals surface area (Å²) in [6.07, 6.45) is -1.60. The number of rotatable bonds is 9. The van der Waals surface area contributed by atoms with E-state index in [0.717, 1.165) is 5.56 Å². The van der Waals surface area contributed by atoms with Gasteiger partial charge < -0.3 is 14.0 Å². The van der Waals surface area contributed by atoms with Gasteiger partial charge in [0.15, 0.2) is 11.6 Å². The number of fused-ring (bicyclic) bond motifs is 1. The van der Waals surface area contributed by atoms with Crippen molar-refractivity contribution in [3.05, 3.63) is 75.4 Å². The maximum Gasteiger partial charge on any atom is 0.342 e. The molecule has 2 aromatic carbocycles. The van der Waals surface area contributed by atoms with E-state index in [0.29, 0.717) is 5.57 Å². The van der Waals surface area contributed by atoms with E-state index in [1.807, 2.05) is 0 Å². The van der Waals surface area contributed by atoms with Crippen LogP contribution >= 0.6 is 0 Å². The third kappa shape index (κ3) is 5.62. The largest absolute Gasteiger partial charge is 0.481 e. The quantitative estimate of drug-likeness (QED) is 0.257. The number of carbonyl (C=O) groups excluding carboxylic acids is 1. The van der Waals surface area contributed by atoms with Gasteiger partial charge in [0.25, 0.3) is 0 Å². The molecule has 1 aliphatic rings. The van der Waals surface area contributed by atoms with Crippen molar-refractivity contribution in [2.75, 3.05) is 0 Å². The third-order valence-electron chi connectivity index (χ3n) is 5.76. The fraction of sp³-hybridized carbons (Fsp3) is 0.280. The summed E-state index contributed by atoms with van der Waals surface area (Å²) in [6.45, 7) is 4.27. The summed E-state index contributed by atoms with van der Waals surface area (Å²) in [7, 11) is -4.57. The molecule has 0 amide bonds. The Bertz CT molecular complexity index is 1390. The Morgan fingerprint density at radius 1 is 1.14 bits per heavy atom. The maximum atomic E-state index is 14.8. The summed E-state index contributed by atoms with van der Waals surface area (Å²) >= 11 is 0. The summed E-state index contributed by atoms with van der Waals surface area (Å²) in [5.41, 5.74) is 0.115. The number of aliphatic carboxylic acids is 1. The Morgan fingerprint density at radius 2 is 1.78 bits per heavy atom. The maximum absolute atomic E-state index is 14.8. The van der Waals surface area contributed by atoms with Crippen LogP contribution in [-0.4, -0.2) is 25.5 Å². The fourth-order valence-electron chi connectivity index (χ4n) is 3.80. The number of carboxylic acids is 1. The molecule has 1 aliphatic heterocycles. The minimum Gasteiger partial charge on any atom is -0.481 e. The second-order valence-electron chi connectivity index (χ2n) is 8.31. The molecule has 7 nitrogen and oxygen atoms in total. The summed E-state index contributed by atoms with van der Waals surface area (Å²) in [5.74, 6) is -4.49. The van der Waals surface area contributed by atoms with E-state index < -0.39 is 45.3 Å². The third-order valence-corrected chi connectivity index (χ3v) is 7.00. The van der Waals surface area contributed by atoms with Crippen LogP contribution in [0.25, 0.3) is 5.83 Å². The Morgan fingerprint density at radius 3 is 2.36 bits per heavy atom. The minimum atomic E-state index is -4.57. The van der Waals surface area contributed by atoms with Crippen molar-refractivity contribution in [2.24, 2.45) is 0 Å². The van der Waals surface area contributed by atoms with Crippen molar-refractivity contribution in [2.45, 2.75) is 51.5 Å². The fourth-order valence-corrected chi connectivity index (χ4v) is 4.76. The molecule has 3 rings (SSSR count). The van der Waals surface area contributed by atoms with Gasteiger partial charge in [-0.05, 0) is 51.3 Å². The van der Waals surface area contributed by atoms with Crippen molar-refractivity contribution in [1.82, 2.24) is 0 Å². The molecular weight excluding hydrogens is 501 g/mol. The van der Waals surface area contributed by atoms with Crippen molar-refractivity contribution in [3.8, 4) is 5.75 Å². The Labute approximate surface area is 206 Å². The second kappa shape index (κ2) is 10.6. The molecule has 0 unspecified atom stereocenters. The summed E-state index contributed by atoms with van der Waals surface area (Å²) < 4.78 is 78.2. The molecule has 0 radical (unpaired) electrons. The second-order valence-corrected chi connectivity index (χ2v) is 9.86. The van der Waals surface area contributed by atoms with E-state index in [-0.39, 0.29) is 53.0 Å². The smallest absolute Gasteiger partial charge is 0.342 e. The minimum absolute atomic E-state index is 0.0205. The Kier molecular flexibility index (Phi) is 7.92. The van der Waals surface area contributed by atoms with Crippen LogP contribution in [0.4, 0.5) is 13.2 Å². The molecule has 1 heterocycles. The molecule has 0 saturated carbocycles. The van der Waals surface area contributed by atoms with Crippen LogP contribution in [0.2, 0.25) is 0 Å². The number of halogens is 3. The normalized spacial score (nSPS) is 13.3. The molecule has 0 aromatic heterocycles. The molecule has 0 bridgehead atoms. The molecule has 0 fully saturated rings. The van der Waals surface area contributed by atoms with Gasteiger partial charge in [0.2, 0.25) is 0 Å². The molecule has 192 valence electrons. The van der Waals surface area contributed by atoms with Gasteiger partial charge >= 0.3 is 28.1 Å². The van der Waals surface area contributed by atoms with Crippen molar-refractivity contribution < 1.29 is 45.2 Å². The summed E-state index contributed by atoms with van der Waals surface area (Å²) in [5, 5.41) is 8.89. The van der Waals surface area contributed by atoms with E-state index in [4.69, 9.17) is 14.0 Å². The molecule has 36 heavy (non-hydrogen) atoms. The van der Waals surface area contributed by atoms with Gasteiger partial charge in [0.05, 0.1) is 0 Å². The van der Waals surface area contributed by atoms with Gasteiger partial charge in [0, 0.05) is 23.1 Å². The lowest BCUT2D eigenvalue weighted by molar-refractivity contribution is -0.136. The Balaban J connectivity index is 2.27. The van der Waals surface area contributed by atoms with E-state index in [9.17, 15) is 31.2 Å². The zero-order valence-electron chi connectivity index (χ0n) is 19.7. The van der Waals surface area contributed by atoms with Crippen LogP contribution < -0.4 is 4.18 Å². The van der Waals surface area contributed by atoms with Crippen LogP contribution in [0.1, 0.15) is 57.9 Å². The molecule has 1 N–H and O–H groups in total. The van der Waals surface area contributed by atoms with Crippen LogP contribution in [0.5, 0.6) is 5.75 Å². The predicted octanol–water partition coefficient (Wildman–Crippen LogP) is 5.63. The number of hydrogen-bond donors (Lipinski definition) is 1. The first-order valence-electron chi connectivity index (χ1n) is 10.8. The number of esters is 1. The zero-order valence-corrected chi connectivity index (χ0v) is 20.5. The number of cyclic esters (lactones) is 1. The SMILES string of the molecule is C/C(=C\Cc1c(OS(=O)(=O)c2ccc(C)cc2)c2c(c(C)c1C(F)=C(F)F)COC2=O)CCC(=O)O. The van der Waals surface area contributed by atoms with Gasteiger partial charge in [0.1, 0.15) is 17.1 Å². The molecule has 0 spiro atoms. The number of aryl methyl sites for hydroxylation is 1. The first-order chi connectivity index (χ1) is 16.8. The average Bonchev–Trinajstić information content (AvgIpc) is 3.20. The highest BCUT2D eigenvalue weighted by Gasteiger charge is 2.36. The molecule has 2 aromatic rings. The van der Waals surface area contributed by atoms with Crippen molar-refractivity contribution in [3.63, 3.8) is 0 Å². The standard InChI is InChI=1S/C25H23F3O7S/c1-13-4-8-16(9-5-13)36(32,33)35-23-17(10-6-14(2)7-11-19(29)30)20(22(26)24(27)28)15(3)18-12-34-25(31)21(18)23/h4-6,8-9H,7,10-12H2,1-3H3,(H,29,30)/b14-6+. The number of benzene rings is 2. The lowest BCUT2D eigenvalue weighted by Gasteiger charge is -2.19.